The van der Waals surface area contributed by atoms with E-state index in [0.29, 0.717) is 6.54 Å². The SMILES string of the molecule is C[C@H](O)Cn1cc(S(C)(=O)=O)cn1. The normalized spacial score (nSPS) is 14.4. The molecule has 1 N–H and O–H groups in total. The van der Waals surface area contributed by atoms with Crippen LogP contribution in [-0.4, -0.2) is 35.7 Å². The number of sulfone groups is 1. The zero-order chi connectivity index (χ0) is 10.1. The molecule has 0 fully saturated rings. The van der Waals surface area contributed by atoms with Crippen molar-refractivity contribution in [1.82, 2.24) is 9.78 Å². The molecule has 6 heteroatoms. The van der Waals surface area contributed by atoms with E-state index in [0.717, 1.165) is 6.26 Å². The predicted octanol–water partition coefficient (Wildman–Crippen LogP) is -0.333. The Morgan fingerprint density at radius 2 is 2.31 bits per heavy atom. The summed E-state index contributed by atoms with van der Waals surface area (Å²) in [6.07, 6.45) is 3.27. The van der Waals surface area contributed by atoms with Crippen molar-refractivity contribution in [2.24, 2.45) is 0 Å². The summed E-state index contributed by atoms with van der Waals surface area (Å²) in [5.74, 6) is 0. The maximum Gasteiger partial charge on any atom is 0.178 e. The quantitative estimate of drug-likeness (QED) is 0.731. The van der Waals surface area contributed by atoms with Gasteiger partial charge in [0.25, 0.3) is 0 Å². The molecule has 0 aliphatic rings. The van der Waals surface area contributed by atoms with Gasteiger partial charge in [-0.25, -0.2) is 8.42 Å². The summed E-state index contributed by atoms with van der Waals surface area (Å²) in [4.78, 5) is 0.174. The second-order valence-corrected chi connectivity index (χ2v) is 5.04. The van der Waals surface area contributed by atoms with Gasteiger partial charge in [-0.2, -0.15) is 5.10 Å². The van der Waals surface area contributed by atoms with E-state index in [1.165, 1.54) is 17.1 Å². The first-order valence-electron chi connectivity index (χ1n) is 3.80. The van der Waals surface area contributed by atoms with Crippen molar-refractivity contribution in [2.45, 2.75) is 24.5 Å². The molecule has 0 aromatic carbocycles. The molecule has 13 heavy (non-hydrogen) atoms. The Morgan fingerprint density at radius 1 is 1.69 bits per heavy atom. The van der Waals surface area contributed by atoms with Crippen LogP contribution in [0, 0.1) is 0 Å². The third-order valence-electron chi connectivity index (χ3n) is 1.49. The van der Waals surface area contributed by atoms with Crippen molar-refractivity contribution in [3.8, 4) is 0 Å². The molecule has 0 aliphatic carbocycles. The summed E-state index contributed by atoms with van der Waals surface area (Å²) in [5, 5.41) is 12.8. The molecule has 1 aromatic heterocycles. The van der Waals surface area contributed by atoms with Crippen LogP contribution in [0.3, 0.4) is 0 Å². The molecule has 1 rings (SSSR count). The molecule has 0 saturated carbocycles. The Kier molecular flexibility index (Phi) is 2.72. The van der Waals surface area contributed by atoms with E-state index in [4.69, 9.17) is 5.11 Å². The molecule has 0 unspecified atom stereocenters. The highest BCUT2D eigenvalue weighted by molar-refractivity contribution is 7.90. The number of hydrogen-bond donors (Lipinski definition) is 1. The second-order valence-electron chi connectivity index (χ2n) is 3.02. The minimum Gasteiger partial charge on any atom is -0.391 e. The Hall–Kier alpha value is -0.880. The first kappa shape index (κ1) is 10.2. The molecular weight excluding hydrogens is 192 g/mol. The average molecular weight is 204 g/mol. The van der Waals surface area contributed by atoms with Crippen molar-refractivity contribution in [3.05, 3.63) is 12.4 Å². The molecule has 0 spiro atoms. The van der Waals surface area contributed by atoms with Gasteiger partial charge in [0.05, 0.1) is 18.8 Å². The van der Waals surface area contributed by atoms with E-state index in [9.17, 15) is 8.42 Å². The number of aliphatic hydroxyl groups excluding tert-OH is 1. The third-order valence-corrected chi connectivity index (χ3v) is 2.56. The zero-order valence-electron chi connectivity index (χ0n) is 7.51. The van der Waals surface area contributed by atoms with Gasteiger partial charge in [0.15, 0.2) is 9.84 Å². The zero-order valence-corrected chi connectivity index (χ0v) is 8.32. The topological polar surface area (TPSA) is 72.2 Å². The van der Waals surface area contributed by atoms with Crippen LogP contribution in [0.1, 0.15) is 6.92 Å². The number of rotatable bonds is 3. The Balaban J connectivity index is 2.88. The predicted molar refractivity (Wildman–Crippen MR) is 47.0 cm³/mol. The van der Waals surface area contributed by atoms with Gasteiger partial charge in [0.1, 0.15) is 4.90 Å². The van der Waals surface area contributed by atoms with Crippen LogP contribution >= 0.6 is 0 Å². The summed E-state index contributed by atoms with van der Waals surface area (Å²) in [6, 6.07) is 0. The number of nitrogens with zero attached hydrogens (tertiary/aromatic N) is 2. The largest absolute Gasteiger partial charge is 0.391 e. The van der Waals surface area contributed by atoms with Crippen LogP contribution < -0.4 is 0 Å². The molecule has 0 saturated heterocycles. The lowest BCUT2D eigenvalue weighted by molar-refractivity contribution is 0.168. The fraction of sp³-hybridized carbons (Fsp3) is 0.571. The standard InChI is InChI=1S/C7H12N2O3S/c1-6(10)4-9-5-7(3-8-9)13(2,11)12/h3,5-6,10H,4H2,1-2H3/t6-/m0/s1. The van der Waals surface area contributed by atoms with E-state index in [1.54, 1.807) is 6.92 Å². The lowest BCUT2D eigenvalue weighted by Crippen LogP contribution is -2.11. The summed E-state index contributed by atoms with van der Waals surface area (Å²) >= 11 is 0. The third kappa shape index (κ3) is 2.82. The first-order valence-corrected chi connectivity index (χ1v) is 5.69. The number of aromatic nitrogens is 2. The van der Waals surface area contributed by atoms with Gasteiger partial charge in [-0.15, -0.1) is 0 Å². The van der Waals surface area contributed by atoms with Crippen LogP contribution in [0.5, 0.6) is 0 Å². The molecule has 0 aliphatic heterocycles. The molecular formula is C7H12N2O3S. The second kappa shape index (κ2) is 3.47. The maximum absolute atomic E-state index is 11.0. The van der Waals surface area contributed by atoms with Gasteiger partial charge < -0.3 is 5.11 Å². The molecule has 1 atom stereocenters. The summed E-state index contributed by atoms with van der Waals surface area (Å²) in [7, 11) is -3.18. The maximum atomic E-state index is 11.0. The molecule has 74 valence electrons. The highest BCUT2D eigenvalue weighted by Gasteiger charge is 2.10. The van der Waals surface area contributed by atoms with Gasteiger partial charge in [-0.1, -0.05) is 0 Å². The van der Waals surface area contributed by atoms with Crippen LogP contribution in [0.4, 0.5) is 0 Å². The fourth-order valence-corrected chi connectivity index (χ4v) is 1.46. The minimum atomic E-state index is -3.18. The van der Waals surface area contributed by atoms with Crippen LogP contribution in [-0.2, 0) is 16.4 Å². The molecule has 0 bridgehead atoms. The Labute approximate surface area is 76.9 Å². The first-order chi connectivity index (χ1) is 5.89. The molecule has 0 radical (unpaired) electrons. The lowest BCUT2D eigenvalue weighted by Gasteiger charge is -2.02. The molecule has 0 amide bonds. The number of hydrogen-bond acceptors (Lipinski definition) is 4. The fourth-order valence-electron chi connectivity index (χ4n) is 0.907. The number of aliphatic hydroxyl groups is 1. The van der Waals surface area contributed by atoms with Gasteiger partial charge in [-0.05, 0) is 6.92 Å². The van der Waals surface area contributed by atoms with Crippen molar-refractivity contribution in [1.29, 1.82) is 0 Å². The summed E-state index contributed by atoms with van der Waals surface area (Å²) in [6.45, 7) is 1.91. The highest BCUT2D eigenvalue weighted by Crippen LogP contribution is 2.06. The monoisotopic (exact) mass is 204 g/mol. The molecule has 1 heterocycles. The Bertz CT molecular complexity index is 380. The summed E-state index contributed by atoms with van der Waals surface area (Å²) in [5.41, 5.74) is 0. The van der Waals surface area contributed by atoms with Crippen LogP contribution in [0.15, 0.2) is 17.3 Å². The average Bonchev–Trinajstić information content (AvgIpc) is 2.32. The van der Waals surface area contributed by atoms with Gasteiger partial charge in [0, 0.05) is 12.5 Å². The lowest BCUT2D eigenvalue weighted by atomic mass is 10.4. The minimum absolute atomic E-state index is 0.174. The van der Waals surface area contributed by atoms with Gasteiger partial charge >= 0.3 is 0 Å². The van der Waals surface area contributed by atoms with Crippen molar-refractivity contribution >= 4 is 9.84 Å². The molecule has 1 aromatic rings. The highest BCUT2D eigenvalue weighted by atomic mass is 32.2. The van der Waals surface area contributed by atoms with Crippen LogP contribution in [0.2, 0.25) is 0 Å². The van der Waals surface area contributed by atoms with Crippen molar-refractivity contribution < 1.29 is 13.5 Å². The van der Waals surface area contributed by atoms with Crippen LogP contribution in [0.25, 0.3) is 0 Å². The van der Waals surface area contributed by atoms with E-state index in [-0.39, 0.29) is 4.90 Å². The van der Waals surface area contributed by atoms with Gasteiger partial charge in [-0.3, -0.25) is 4.68 Å². The van der Waals surface area contributed by atoms with Crippen molar-refractivity contribution in [3.63, 3.8) is 0 Å². The smallest absolute Gasteiger partial charge is 0.178 e. The van der Waals surface area contributed by atoms with E-state index >= 15 is 0 Å². The van der Waals surface area contributed by atoms with Gasteiger partial charge in [0.2, 0.25) is 0 Å². The van der Waals surface area contributed by atoms with E-state index < -0.39 is 15.9 Å². The summed E-state index contributed by atoms with van der Waals surface area (Å²) < 4.78 is 23.4. The van der Waals surface area contributed by atoms with E-state index in [1.807, 2.05) is 0 Å². The molecule has 5 nitrogen and oxygen atoms in total. The Morgan fingerprint density at radius 3 is 2.69 bits per heavy atom. The van der Waals surface area contributed by atoms with Crippen molar-refractivity contribution in [2.75, 3.05) is 6.26 Å². The van der Waals surface area contributed by atoms with E-state index in [2.05, 4.69) is 5.10 Å².